The highest BCUT2D eigenvalue weighted by Gasteiger charge is 2.44. The van der Waals surface area contributed by atoms with Gasteiger partial charge in [-0.05, 0) is 18.8 Å². The van der Waals surface area contributed by atoms with E-state index < -0.39 is 12.1 Å². The first-order valence-corrected chi connectivity index (χ1v) is 6.33. The third kappa shape index (κ3) is 2.84. The van der Waals surface area contributed by atoms with Gasteiger partial charge in [0, 0.05) is 0 Å². The lowest BCUT2D eigenvalue weighted by atomic mass is 9.83. The van der Waals surface area contributed by atoms with E-state index in [1.165, 1.54) is 0 Å². The quantitative estimate of drug-likeness (QED) is 0.748. The minimum absolute atomic E-state index is 0.0308. The molecule has 100 valence electrons. The van der Waals surface area contributed by atoms with E-state index in [1.54, 1.807) is 11.8 Å². The van der Waals surface area contributed by atoms with Gasteiger partial charge in [0.25, 0.3) is 0 Å². The topological polar surface area (TPSA) is 49.4 Å². The van der Waals surface area contributed by atoms with Crippen LogP contribution in [0.4, 0.5) is 0 Å². The molecule has 1 aliphatic rings. The van der Waals surface area contributed by atoms with Crippen LogP contribution >= 0.6 is 0 Å². The molecule has 0 aromatic carbocycles. The number of nitrogens with one attached hydrogen (secondary N) is 1. The largest absolute Gasteiger partial charge is 0.342 e. The first kappa shape index (κ1) is 14.6. The molecule has 1 aliphatic heterocycles. The van der Waals surface area contributed by atoms with Crippen molar-refractivity contribution in [3.8, 4) is 11.8 Å². The monoisotopic (exact) mass is 250 g/mol. The van der Waals surface area contributed by atoms with Gasteiger partial charge in [-0.15, -0.1) is 5.92 Å². The molecule has 0 bridgehead atoms. The van der Waals surface area contributed by atoms with Gasteiger partial charge in [-0.2, -0.15) is 0 Å². The average molecular weight is 250 g/mol. The lowest BCUT2D eigenvalue weighted by molar-refractivity contribution is -0.151. The van der Waals surface area contributed by atoms with Gasteiger partial charge < -0.3 is 10.2 Å². The second kappa shape index (κ2) is 5.43. The summed E-state index contributed by atoms with van der Waals surface area (Å²) in [5.74, 6) is 5.55. The number of amides is 2. The summed E-state index contributed by atoms with van der Waals surface area (Å²) in [5, 5.41) is 2.84. The number of nitrogens with zero attached hydrogens (tertiary/aromatic N) is 1. The summed E-state index contributed by atoms with van der Waals surface area (Å²) in [4.78, 5) is 26.1. The fourth-order valence-electron chi connectivity index (χ4n) is 2.11. The summed E-state index contributed by atoms with van der Waals surface area (Å²) in [5.41, 5.74) is -0.288. The van der Waals surface area contributed by atoms with Gasteiger partial charge in [0.05, 0.1) is 6.54 Å². The Kier molecular flexibility index (Phi) is 4.39. The Morgan fingerprint density at radius 3 is 2.39 bits per heavy atom. The molecule has 1 rings (SSSR count). The van der Waals surface area contributed by atoms with Crippen molar-refractivity contribution in [1.82, 2.24) is 10.2 Å². The van der Waals surface area contributed by atoms with Crippen LogP contribution in [0.2, 0.25) is 0 Å². The molecule has 2 amide bonds. The molecule has 1 heterocycles. The number of piperazine rings is 1. The lowest BCUT2D eigenvalue weighted by Gasteiger charge is -2.42. The fraction of sp³-hybridized carbons (Fsp3) is 0.714. The Labute approximate surface area is 109 Å². The normalized spacial score (nSPS) is 24.4. The van der Waals surface area contributed by atoms with Crippen LogP contribution in [0.5, 0.6) is 0 Å². The zero-order chi connectivity index (χ0) is 13.9. The van der Waals surface area contributed by atoms with Crippen molar-refractivity contribution < 1.29 is 9.59 Å². The summed E-state index contributed by atoms with van der Waals surface area (Å²) in [6.07, 6.45) is 0.611. The highest BCUT2D eigenvalue weighted by atomic mass is 16.2. The van der Waals surface area contributed by atoms with Gasteiger partial charge in [-0.3, -0.25) is 9.59 Å². The molecule has 0 aromatic heterocycles. The Hall–Kier alpha value is -1.50. The second-order valence-electron chi connectivity index (χ2n) is 5.62. The van der Waals surface area contributed by atoms with E-state index in [0.717, 1.165) is 0 Å². The Balaban J connectivity index is 3.03. The average Bonchev–Trinajstić information content (AvgIpc) is 2.28. The molecule has 2 atom stereocenters. The molecule has 18 heavy (non-hydrogen) atoms. The van der Waals surface area contributed by atoms with Gasteiger partial charge in [-0.1, -0.05) is 33.6 Å². The highest BCUT2D eigenvalue weighted by Crippen LogP contribution is 2.25. The minimum Gasteiger partial charge on any atom is -0.342 e. The molecule has 0 aromatic rings. The summed E-state index contributed by atoms with van der Waals surface area (Å²) < 4.78 is 0. The zero-order valence-corrected chi connectivity index (χ0v) is 11.8. The second-order valence-corrected chi connectivity index (χ2v) is 5.62. The Bertz CT molecular complexity index is 398. The van der Waals surface area contributed by atoms with Crippen LogP contribution in [-0.2, 0) is 9.59 Å². The molecule has 1 N–H and O–H groups in total. The zero-order valence-electron chi connectivity index (χ0n) is 11.8. The van der Waals surface area contributed by atoms with Gasteiger partial charge >= 0.3 is 0 Å². The SMILES string of the molecule is CC#CCN1C(=O)C(C(C)(C)C)NC(=O)C1CC. The van der Waals surface area contributed by atoms with E-state index >= 15 is 0 Å². The van der Waals surface area contributed by atoms with Crippen molar-refractivity contribution in [2.24, 2.45) is 5.41 Å². The van der Waals surface area contributed by atoms with Crippen molar-refractivity contribution in [3.63, 3.8) is 0 Å². The standard InChI is InChI=1S/C14H22N2O2/c1-6-8-9-16-10(7-2)12(17)15-11(13(16)18)14(3,4)5/h10-11H,7,9H2,1-5H3,(H,15,17). The number of hydrogen-bond donors (Lipinski definition) is 1. The van der Waals surface area contributed by atoms with E-state index in [-0.39, 0.29) is 17.2 Å². The number of carbonyl (C=O) groups is 2. The van der Waals surface area contributed by atoms with Crippen LogP contribution in [-0.4, -0.2) is 35.3 Å². The van der Waals surface area contributed by atoms with E-state index in [1.807, 2.05) is 27.7 Å². The first-order chi connectivity index (χ1) is 8.32. The van der Waals surface area contributed by atoms with E-state index in [4.69, 9.17) is 0 Å². The van der Waals surface area contributed by atoms with E-state index in [2.05, 4.69) is 17.2 Å². The van der Waals surface area contributed by atoms with Crippen LogP contribution in [0.25, 0.3) is 0 Å². The molecule has 1 fully saturated rings. The Morgan fingerprint density at radius 2 is 1.94 bits per heavy atom. The first-order valence-electron chi connectivity index (χ1n) is 6.33. The van der Waals surface area contributed by atoms with Crippen LogP contribution < -0.4 is 5.32 Å². The third-order valence-corrected chi connectivity index (χ3v) is 3.17. The summed E-state index contributed by atoms with van der Waals surface area (Å²) >= 11 is 0. The molecular weight excluding hydrogens is 228 g/mol. The lowest BCUT2D eigenvalue weighted by Crippen LogP contribution is -2.66. The molecule has 0 aliphatic carbocycles. The van der Waals surface area contributed by atoms with E-state index in [9.17, 15) is 9.59 Å². The third-order valence-electron chi connectivity index (χ3n) is 3.17. The molecule has 1 saturated heterocycles. The van der Waals surface area contributed by atoms with Crippen molar-refractivity contribution in [3.05, 3.63) is 0 Å². The maximum Gasteiger partial charge on any atom is 0.247 e. The smallest absolute Gasteiger partial charge is 0.247 e. The van der Waals surface area contributed by atoms with Crippen molar-refractivity contribution in [2.45, 2.75) is 53.1 Å². The predicted octanol–water partition coefficient (Wildman–Crippen LogP) is 1.16. The fourth-order valence-corrected chi connectivity index (χ4v) is 2.11. The van der Waals surface area contributed by atoms with Gasteiger partial charge in [0.2, 0.25) is 11.8 Å². The minimum atomic E-state index is -0.466. The molecule has 0 radical (unpaired) electrons. The summed E-state index contributed by atoms with van der Waals surface area (Å²) in [6, 6.07) is -0.858. The summed E-state index contributed by atoms with van der Waals surface area (Å²) in [6.45, 7) is 9.81. The molecular formula is C14H22N2O2. The molecule has 2 unspecified atom stereocenters. The van der Waals surface area contributed by atoms with Crippen LogP contribution in [0.15, 0.2) is 0 Å². The number of carbonyl (C=O) groups excluding carboxylic acids is 2. The van der Waals surface area contributed by atoms with Crippen molar-refractivity contribution >= 4 is 11.8 Å². The number of hydrogen-bond acceptors (Lipinski definition) is 2. The van der Waals surface area contributed by atoms with Gasteiger partial charge in [0.1, 0.15) is 12.1 Å². The summed E-state index contributed by atoms with van der Waals surface area (Å²) in [7, 11) is 0. The van der Waals surface area contributed by atoms with Gasteiger partial charge in [0.15, 0.2) is 0 Å². The van der Waals surface area contributed by atoms with Crippen molar-refractivity contribution in [2.75, 3.05) is 6.54 Å². The van der Waals surface area contributed by atoms with Crippen LogP contribution in [0, 0.1) is 17.3 Å². The molecule has 0 spiro atoms. The van der Waals surface area contributed by atoms with Crippen LogP contribution in [0.1, 0.15) is 41.0 Å². The van der Waals surface area contributed by atoms with Crippen molar-refractivity contribution in [1.29, 1.82) is 0 Å². The predicted molar refractivity (Wildman–Crippen MR) is 70.6 cm³/mol. The molecule has 4 nitrogen and oxygen atoms in total. The van der Waals surface area contributed by atoms with E-state index in [0.29, 0.717) is 13.0 Å². The maximum absolute atomic E-state index is 12.4. The highest BCUT2D eigenvalue weighted by molar-refractivity contribution is 5.97. The maximum atomic E-state index is 12.4. The van der Waals surface area contributed by atoms with Crippen LogP contribution in [0.3, 0.4) is 0 Å². The number of rotatable bonds is 2. The van der Waals surface area contributed by atoms with Gasteiger partial charge in [-0.25, -0.2) is 0 Å². The molecule has 4 heteroatoms. The molecule has 0 saturated carbocycles. The Morgan fingerprint density at radius 1 is 1.33 bits per heavy atom.